The molecular weight excluding hydrogens is 441 g/mol. The molecule has 0 aliphatic rings. The van der Waals surface area contributed by atoms with Crippen molar-refractivity contribution in [1.29, 1.82) is 0 Å². The predicted molar refractivity (Wildman–Crippen MR) is 119 cm³/mol. The van der Waals surface area contributed by atoms with Crippen LogP contribution in [0.2, 0.25) is 5.15 Å². The summed E-state index contributed by atoms with van der Waals surface area (Å²) in [5.41, 5.74) is 1.81. The van der Waals surface area contributed by atoms with Crippen molar-refractivity contribution in [3.05, 3.63) is 76.8 Å². The number of benzene rings is 3. The minimum atomic E-state index is -1.68. The third-order valence-electron chi connectivity index (χ3n) is 4.92. The lowest BCUT2D eigenvalue weighted by molar-refractivity contribution is 0.0697. The SMILES string of the molecule is Cc1nn(C)c(Cl)c1S(=O)Nc1ccc(-c2cc(C(=O)O)ccc2F)c2ccccc12. The Hall–Kier alpha value is -3.23. The summed E-state index contributed by atoms with van der Waals surface area (Å²) in [5.74, 6) is -1.67. The van der Waals surface area contributed by atoms with Crippen molar-refractivity contribution >= 4 is 45.0 Å². The molecule has 0 radical (unpaired) electrons. The summed E-state index contributed by atoms with van der Waals surface area (Å²) in [6, 6.07) is 14.3. The smallest absolute Gasteiger partial charge is 0.335 e. The summed E-state index contributed by atoms with van der Waals surface area (Å²) in [5, 5.41) is 15.1. The van der Waals surface area contributed by atoms with Crippen molar-refractivity contribution in [1.82, 2.24) is 9.78 Å². The monoisotopic (exact) mass is 457 g/mol. The van der Waals surface area contributed by atoms with E-state index in [4.69, 9.17) is 11.6 Å². The van der Waals surface area contributed by atoms with E-state index in [1.54, 1.807) is 38.2 Å². The number of carboxylic acids is 1. The lowest BCUT2D eigenvalue weighted by Gasteiger charge is -2.14. The Morgan fingerprint density at radius 3 is 2.48 bits per heavy atom. The number of fused-ring (bicyclic) bond motifs is 1. The Morgan fingerprint density at radius 1 is 1.13 bits per heavy atom. The number of carbonyl (C=O) groups is 1. The molecule has 0 aliphatic carbocycles. The number of aromatic nitrogens is 2. The second-order valence-corrected chi connectivity index (χ2v) is 8.41. The average molecular weight is 458 g/mol. The van der Waals surface area contributed by atoms with Crippen molar-refractivity contribution in [2.24, 2.45) is 7.05 Å². The number of aryl methyl sites for hydroxylation is 2. The van der Waals surface area contributed by atoms with Gasteiger partial charge in [-0.2, -0.15) is 5.10 Å². The maximum Gasteiger partial charge on any atom is 0.335 e. The van der Waals surface area contributed by atoms with Crippen LogP contribution in [0.15, 0.2) is 59.5 Å². The molecule has 6 nitrogen and oxygen atoms in total. The molecule has 0 amide bonds. The molecule has 31 heavy (non-hydrogen) atoms. The Labute approximate surface area is 184 Å². The summed E-state index contributed by atoms with van der Waals surface area (Å²) in [4.78, 5) is 11.7. The summed E-state index contributed by atoms with van der Waals surface area (Å²) in [6.07, 6.45) is 0. The molecule has 2 N–H and O–H groups in total. The van der Waals surface area contributed by atoms with Gasteiger partial charge in [-0.3, -0.25) is 4.68 Å². The average Bonchev–Trinajstić information content (AvgIpc) is 3.00. The van der Waals surface area contributed by atoms with Crippen molar-refractivity contribution < 1.29 is 18.5 Å². The maximum atomic E-state index is 14.6. The molecule has 158 valence electrons. The highest BCUT2D eigenvalue weighted by atomic mass is 35.5. The summed E-state index contributed by atoms with van der Waals surface area (Å²) < 4.78 is 32.0. The number of aromatic carboxylic acids is 1. The Morgan fingerprint density at radius 2 is 1.84 bits per heavy atom. The standard InChI is InChI=1S/C22H17ClFN3O3S/c1-12-20(21(23)27(2)25-12)31(30)26-19-10-8-15(14-5-3-4-6-16(14)19)17-11-13(22(28)29)7-9-18(17)24/h3-11,26H,1-2H3,(H,28,29). The number of halogens is 2. The van der Waals surface area contributed by atoms with Crippen molar-refractivity contribution in [3.8, 4) is 11.1 Å². The third-order valence-corrected chi connectivity index (χ3v) is 6.73. The van der Waals surface area contributed by atoms with Crippen LogP contribution >= 0.6 is 11.6 Å². The molecule has 0 aliphatic heterocycles. The van der Waals surface area contributed by atoms with Gasteiger partial charge in [0.05, 0.1) is 16.9 Å². The molecule has 1 heterocycles. The second kappa shape index (κ2) is 8.13. The van der Waals surface area contributed by atoms with Crippen LogP contribution in [0.25, 0.3) is 21.9 Å². The van der Waals surface area contributed by atoms with Gasteiger partial charge in [0, 0.05) is 18.0 Å². The van der Waals surface area contributed by atoms with E-state index in [-0.39, 0.29) is 16.3 Å². The summed E-state index contributed by atoms with van der Waals surface area (Å²) in [6.45, 7) is 1.72. The molecular formula is C22H17ClFN3O3S. The first-order valence-corrected chi connectivity index (χ1v) is 10.7. The third kappa shape index (κ3) is 3.80. The van der Waals surface area contributed by atoms with Gasteiger partial charge in [0.25, 0.3) is 0 Å². The van der Waals surface area contributed by atoms with Crippen LogP contribution < -0.4 is 4.72 Å². The van der Waals surface area contributed by atoms with Crippen molar-refractivity contribution in [3.63, 3.8) is 0 Å². The van der Waals surface area contributed by atoms with Gasteiger partial charge in [-0.1, -0.05) is 41.9 Å². The molecule has 4 rings (SSSR count). The number of anilines is 1. The van der Waals surface area contributed by atoms with Gasteiger partial charge in [-0.05, 0) is 42.1 Å². The van der Waals surface area contributed by atoms with Gasteiger partial charge in [0.1, 0.15) is 15.9 Å². The first-order chi connectivity index (χ1) is 14.8. The fourth-order valence-electron chi connectivity index (χ4n) is 3.46. The van der Waals surface area contributed by atoms with Crippen LogP contribution in [0.5, 0.6) is 0 Å². The molecule has 3 aromatic carbocycles. The number of rotatable bonds is 5. The molecule has 9 heteroatoms. The molecule has 0 saturated carbocycles. The Kier molecular flexibility index (Phi) is 5.51. The Bertz CT molecular complexity index is 1370. The first-order valence-electron chi connectivity index (χ1n) is 9.20. The highest BCUT2D eigenvalue weighted by Gasteiger charge is 2.20. The summed E-state index contributed by atoms with van der Waals surface area (Å²) >= 11 is 6.23. The number of hydrogen-bond donors (Lipinski definition) is 2. The lowest BCUT2D eigenvalue weighted by Crippen LogP contribution is -2.06. The molecule has 1 atom stereocenters. The molecule has 0 spiro atoms. The van der Waals surface area contributed by atoms with Crippen LogP contribution in [-0.4, -0.2) is 25.1 Å². The van der Waals surface area contributed by atoms with Crippen molar-refractivity contribution in [2.75, 3.05) is 4.72 Å². The molecule has 1 aromatic heterocycles. The number of nitrogens with zero attached hydrogens (tertiary/aromatic N) is 2. The largest absolute Gasteiger partial charge is 0.478 e. The fourth-order valence-corrected chi connectivity index (χ4v) is 4.92. The summed E-state index contributed by atoms with van der Waals surface area (Å²) in [7, 11) is -0.00845. The van der Waals surface area contributed by atoms with E-state index in [1.807, 2.05) is 12.1 Å². The molecule has 0 saturated heterocycles. The van der Waals surface area contributed by atoms with Crippen molar-refractivity contribution in [2.45, 2.75) is 11.8 Å². The van der Waals surface area contributed by atoms with E-state index < -0.39 is 22.8 Å². The van der Waals surface area contributed by atoms with E-state index >= 15 is 0 Å². The van der Waals surface area contributed by atoms with Gasteiger partial charge in [0.2, 0.25) is 0 Å². The molecule has 0 fully saturated rings. The fraction of sp³-hybridized carbons (Fsp3) is 0.0909. The topological polar surface area (TPSA) is 84.2 Å². The van der Waals surface area contributed by atoms with E-state index in [0.29, 0.717) is 32.6 Å². The van der Waals surface area contributed by atoms with E-state index in [9.17, 15) is 18.5 Å². The zero-order valence-electron chi connectivity index (χ0n) is 16.5. The van der Waals surface area contributed by atoms with Crippen LogP contribution in [0.3, 0.4) is 0 Å². The zero-order chi connectivity index (χ0) is 22.3. The van der Waals surface area contributed by atoms with Gasteiger partial charge in [0.15, 0.2) is 11.0 Å². The van der Waals surface area contributed by atoms with Gasteiger partial charge < -0.3 is 9.83 Å². The van der Waals surface area contributed by atoms with Gasteiger partial charge in [-0.25, -0.2) is 13.4 Å². The van der Waals surface area contributed by atoms with Gasteiger partial charge in [-0.15, -0.1) is 0 Å². The second-order valence-electron chi connectivity index (χ2n) is 6.91. The molecule has 0 bridgehead atoms. The normalized spacial score (nSPS) is 12.1. The molecule has 1 unspecified atom stereocenters. The predicted octanol–water partition coefficient (Wildman–Crippen LogP) is 5.17. The van der Waals surface area contributed by atoms with Crippen LogP contribution in [0.1, 0.15) is 16.1 Å². The van der Waals surface area contributed by atoms with E-state index in [2.05, 4.69) is 9.82 Å². The lowest BCUT2D eigenvalue weighted by atomic mass is 9.95. The quantitative estimate of drug-likeness (QED) is 0.432. The number of nitrogens with one attached hydrogen (secondary N) is 1. The highest BCUT2D eigenvalue weighted by molar-refractivity contribution is 7.86. The van der Waals surface area contributed by atoms with E-state index in [0.717, 1.165) is 6.07 Å². The maximum absolute atomic E-state index is 14.6. The van der Waals surface area contributed by atoms with Crippen LogP contribution in [0.4, 0.5) is 10.1 Å². The number of carboxylic acid groups (broad SMARTS) is 1. The minimum Gasteiger partial charge on any atom is -0.478 e. The zero-order valence-corrected chi connectivity index (χ0v) is 18.1. The first kappa shape index (κ1) is 21.0. The van der Waals surface area contributed by atoms with Crippen LogP contribution in [-0.2, 0) is 18.0 Å². The Balaban J connectivity index is 1.82. The van der Waals surface area contributed by atoms with Crippen LogP contribution in [0, 0.1) is 12.7 Å². The highest BCUT2D eigenvalue weighted by Crippen LogP contribution is 2.36. The minimum absolute atomic E-state index is 0.00881. The number of hydrogen-bond acceptors (Lipinski definition) is 3. The van der Waals surface area contributed by atoms with E-state index in [1.165, 1.54) is 16.8 Å². The van der Waals surface area contributed by atoms with Gasteiger partial charge >= 0.3 is 5.97 Å². The molecule has 4 aromatic rings.